The number of fused-ring (bicyclic) bond motifs is 1. The summed E-state index contributed by atoms with van der Waals surface area (Å²) < 4.78 is 20.2. The van der Waals surface area contributed by atoms with E-state index in [0.29, 0.717) is 51.7 Å². The second-order valence-electron chi connectivity index (χ2n) is 6.65. The number of para-hydroxylation sites is 1. The summed E-state index contributed by atoms with van der Waals surface area (Å²) in [7, 11) is 0. The third-order valence-electron chi connectivity index (χ3n) is 4.69. The third kappa shape index (κ3) is 4.70. The molecular formula is C20H18Cl2FN3O2S. The predicted octanol–water partition coefficient (Wildman–Crippen LogP) is 4.72. The lowest BCUT2D eigenvalue weighted by molar-refractivity contribution is 0.0391. The number of ether oxygens (including phenoxy) is 1. The minimum atomic E-state index is -0.406. The number of morpholine rings is 1. The highest BCUT2D eigenvalue weighted by atomic mass is 35.5. The maximum absolute atomic E-state index is 14.2. The van der Waals surface area contributed by atoms with Crippen LogP contribution in [0.15, 0.2) is 36.4 Å². The molecule has 0 N–H and O–H groups in total. The lowest BCUT2D eigenvalue weighted by atomic mass is 10.2. The molecule has 5 nitrogen and oxygen atoms in total. The van der Waals surface area contributed by atoms with Crippen LogP contribution in [0.3, 0.4) is 0 Å². The van der Waals surface area contributed by atoms with E-state index >= 15 is 0 Å². The van der Waals surface area contributed by atoms with Crippen LogP contribution in [0, 0.1) is 5.82 Å². The van der Waals surface area contributed by atoms with E-state index in [4.69, 9.17) is 27.9 Å². The highest BCUT2D eigenvalue weighted by Crippen LogP contribution is 2.31. The van der Waals surface area contributed by atoms with E-state index in [1.54, 1.807) is 35.2 Å². The first-order chi connectivity index (χ1) is 14.0. The monoisotopic (exact) mass is 453 g/mol. The Labute approximate surface area is 181 Å². The number of hydrogen-bond acceptors (Lipinski definition) is 5. The van der Waals surface area contributed by atoms with E-state index in [1.807, 2.05) is 0 Å². The van der Waals surface area contributed by atoms with Gasteiger partial charge in [0.25, 0.3) is 5.91 Å². The zero-order valence-corrected chi connectivity index (χ0v) is 17.7. The van der Waals surface area contributed by atoms with Gasteiger partial charge in [-0.25, -0.2) is 9.37 Å². The summed E-state index contributed by atoms with van der Waals surface area (Å²) >= 11 is 13.5. The number of nitrogens with zero attached hydrogens (tertiary/aromatic N) is 3. The summed E-state index contributed by atoms with van der Waals surface area (Å²) in [6.07, 6.45) is 0. The summed E-state index contributed by atoms with van der Waals surface area (Å²) in [5.41, 5.74) is 0.630. The molecule has 4 rings (SSSR count). The molecule has 9 heteroatoms. The zero-order chi connectivity index (χ0) is 20.4. The van der Waals surface area contributed by atoms with E-state index in [0.717, 1.165) is 13.1 Å². The van der Waals surface area contributed by atoms with E-state index in [1.165, 1.54) is 17.4 Å². The molecule has 0 atom stereocenters. The number of anilines is 1. The number of thiazole rings is 1. The standard InChI is InChI=1S/C20H18Cl2FN3O2S/c21-14-10-13(11-15(22)12-14)19(27)26(5-4-25-6-8-28-9-7-25)20-24-18-16(23)2-1-3-17(18)29-20/h1-3,10-12H,4-9H2. The number of carbonyl (C=O) groups is 1. The van der Waals surface area contributed by atoms with Crippen LogP contribution >= 0.6 is 34.5 Å². The molecule has 1 amide bonds. The summed E-state index contributed by atoms with van der Waals surface area (Å²) in [4.78, 5) is 21.5. The van der Waals surface area contributed by atoms with Crippen LogP contribution in [-0.4, -0.2) is 55.2 Å². The van der Waals surface area contributed by atoms with E-state index < -0.39 is 5.82 Å². The van der Waals surface area contributed by atoms with Crippen LogP contribution in [0.4, 0.5) is 9.52 Å². The Morgan fingerprint density at radius 1 is 1.21 bits per heavy atom. The first-order valence-corrected chi connectivity index (χ1v) is 10.7. The van der Waals surface area contributed by atoms with Crippen LogP contribution in [0.25, 0.3) is 10.2 Å². The largest absolute Gasteiger partial charge is 0.379 e. The number of aromatic nitrogens is 1. The second-order valence-corrected chi connectivity index (χ2v) is 8.53. The quantitative estimate of drug-likeness (QED) is 0.560. The second kappa shape index (κ2) is 8.93. The Hall–Kier alpha value is -1.77. The van der Waals surface area contributed by atoms with Crippen molar-refractivity contribution in [3.05, 3.63) is 57.8 Å². The van der Waals surface area contributed by atoms with Crippen LogP contribution in [0.5, 0.6) is 0 Å². The topological polar surface area (TPSA) is 45.7 Å². The molecule has 2 heterocycles. The van der Waals surface area contributed by atoms with Crippen molar-refractivity contribution in [3.63, 3.8) is 0 Å². The fraction of sp³-hybridized carbons (Fsp3) is 0.300. The molecule has 1 aliphatic rings. The Balaban J connectivity index is 1.67. The first kappa shape index (κ1) is 20.5. The molecule has 0 spiro atoms. The van der Waals surface area contributed by atoms with Crippen molar-refractivity contribution >= 4 is 55.8 Å². The van der Waals surface area contributed by atoms with Crippen molar-refractivity contribution in [3.8, 4) is 0 Å². The molecule has 1 saturated heterocycles. The number of hydrogen-bond donors (Lipinski definition) is 0. The molecular weight excluding hydrogens is 436 g/mol. The van der Waals surface area contributed by atoms with E-state index in [-0.39, 0.29) is 11.4 Å². The van der Waals surface area contributed by atoms with E-state index in [2.05, 4.69) is 9.88 Å². The van der Waals surface area contributed by atoms with Gasteiger partial charge >= 0.3 is 0 Å². The summed E-state index contributed by atoms with van der Waals surface area (Å²) in [6.45, 7) is 4.01. The van der Waals surface area contributed by atoms with Crippen LogP contribution in [0.1, 0.15) is 10.4 Å². The minimum absolute atomic E-state index is 0.265. The summed E-state index contributed by atoms with van der Waals surface area (Å²) in [6, 6.07) is 9.51. The molecule has 29 heavy (non-hydrogen) atoms. The van der Waals surface area contributed by atoms with Crippen molar-refractivity contribution in [1.82, 2.24) is 9.88 Å². The van der Waals surface area contributed by atoms with Gasteiger partial charge in [-0.2, -0.15) is 0 Å². The molecule has 1 aliphatic heterocycles. The normalized spacial score (nSPS) is 15.0. The number of rotatable bonds is 5. The van der Waals surface area contributed by atoms with Crippen LogP contribution < -0.4 is 4.90 Å². The van der Waals surface area contributed by atoms with Crippen molar-refractivity contribution in [2.45, 2.75) is 0 Å². The van der Waals surface area contributed by atoms with Crippen LogP contribution in [-0.2, 0) is 4.74 Å². The van der Waals surface area contributed by atoms with Gasteiger partial charge in [-0.15, -0.1) is 0 Å². The third-order valence-corrected chi connectivity index (χ3v) is 6.17. The van der Waals surface area contributed by atoms with Gasteiger partial charge in [0.2, 0.25) is 0 Å². The Morgan fingerprint density at radius 3 is 2.62 bits per heavy atom. The van der Waals surface area contributed by atoms with Gasteiger partial charge in [0.15, 0.2) is 5.13 Å². The molecule has 1 fully saturated rings. The molecule has 0 radical (unpaired) electrons. The smallest absolute Gasteiger partial charge is 0.260 e. The average molecular weight is 454 g/mol. The van der Waals surface area contributed by atoms with E-state index in [9.17, 15) is 9.18 Å². The molecule has 0 unspecified atom stereocenters. The molecule has 2 aromatic carbocycles. The van der Waals surface area contributed by atoms with Crippen molar-refractivity contribution in [2.75, 3.05) is 44.3 Å². The fourth-order valence-electron chi connectivity index (χ4n) is 3.20. The van der Waals surface area contributed by atoms with Gasteiger partial charge in [0.1, 0.15) is 11.3 Å². The molecule has 0 bridgehead atoms. The number of amides is 1. The SMILES string of the molecule is O=C(c1cc(Cl)cc(Cl)c1)N(CCN1CCOCC1)c1nc2c(F)cccc2s1. The zero-order valence-electron chi connectivity index (χ0n) is 15.4. The molecule has 0 saturated carbocycles. The van der Waals surface area contributed by atoms with Crippen LogP contribution in [0.2, 0.25) is 10.0 Å². The van der Waals surface area contributed by atoms with Gasteiger partial charge in [0.05, 0.1) is 17.9 Å². The number of benzene rings is 2. The maximum Gasteiger partial charge on any atom is 0.260 e. The number of carbonyl (C=O) groups excluding carboxylic acids is 1. The number of halogens is 3. The predicted molar refractivity (Wildman–Crippen MR) is 115 cm³/mol. The highest BCUT2D eigenvalue weighted by molar-refractivity contribution is 7.22. The van der Waals surface area contributed by atoms with Gasteiger partial charge in [-0.3, -0.25) is 14.6 Å². The Bertz CT molecular complexity index is 1020. The average Bonchev–Trinajstić information content (AvgIpc) is 3.13. The van der Waals surface area contributed by atoms with Crippen molar-refractivity contribution in [1.29, 1.82) is 0 Å². The molecule has 0 aliphatic carbocycles. The molecule has 3 aromatic rings. The molecule has 152 valence electrons. The fourth-order valence-corrected chi connectivity index (χ4v) is 4.73. The molecule has 1 aromatic heterocycles. The van der Waals surface area contributed by atoms with Crippen molar-refractivity contribution < 1.29 is 13.9 Å². The Kier molecular flexibility index (Phi) is 6.32. The van der Waals surface area contributed by atoms with Gasteiger partial charge in [-0.05, 0) is 30.3 Å². The van der Waals surface area contributed by atoms with Gasteiger partial charge in [0, 0.05) is 41.8 Å². The van der Waals surface area contributed by atoms with Gasteiger partial charge < -0.3 is 4.74 Å². The minimum Gasteiger partial charge on any atom is -0.379 e. The summed E-state index contributed by atoms with van der Waals surface area (Å²) in [5.74, 6) is -0.682. The van der Waals surface area contributed by atoms with Crippen molar-refractivity contribution in [2.24, 2.45) is 0 Å². The highest BCUT2D eigenvalue weighted by Gasteiger charge is 2.24. The first-order valence-electron chi connectivity index (χ1n) is 9.14. The maximum atomic E-state index is 14.2. The lowest BCUT2D eigenvalue weighted by Crippen LogP contribution is -2.43. The Morgan fingerprint density at radius 2 is 1.93 bits per heavy atom. The summed E-state index contributed by atoms with van der Waals surface area (Å²) in [5, 5.41) is 1.20. The van der Waals surface area contributed by atoms with Gasteiger partial charge in [-0.1, -0.05) is 40.6 Å². The lowest BCUT2D eigenvalue weighted by Gasteiger charge is -2.29.